The van der Waals surface area contributed by atoms with Crippen molar-refractivity contribution < 1.29 is 19.4 Å². The summed E-state index contributed by atoms with van der Waals surface area (Å²) in [5.74, 6) is -0.870. The van der Waals surface area contributed by atoms with E-state index in [2.05, 4.69) is 67.8 Å². The highest BCUT2D eigenvalue weighted by atomic mass is 127. The maximum absolute atomic E-state index is 12.6. The van der Waals surface area contributed by atoms with Crippen molar-refractivity contribution in [3.8, 4) is 11.5 Å². The molecule has 0 atom stereocenters. The summed E-state index contributed by atoms with van der Waals surface area (Å²) in [4.78, 5) is 25.1. The van der Waals surface area contributed by atoms with Crippen molar-refractivity contribution in [2.75, 3.05) is 0 Å². The molecule has 27 heavy (non-hydrogen) atoms. The minimum atomic E-state index is -0.510. The number of carbonyl (C=O) groups excluding carboxylic acids is 2. The zero-order chi connectivity index (χ0) is 19.6. The average molecular weight is 696 g/mol. The van der Waals surface area contributed by atoms with Gasteiger partial charge in [-0.25, -0.2) is 4.79 Å². The number of halogens is 3. The molecule has 0 fully saturated rings. The zero-order valence-corrected chi connectivity index (χ0v) is 20.1. The van der Waals surface area contributed by atoms with Crippen molar-refractivity contribution in [2.45, 2.75) is 0 Å². The van der Waals surface area contributed by atoms with Crippen LogP contribution in [0, 0.1) is 10.7 Å². The molecule has 0 heterocycles. The second-order valence-corrected chi connectivity index (χ2v) is 8.88. The van der Waals surface area contributed by atoms with Gasteiger partial charge in [-0.05, 0) is 92.0 Å². The van der Waals surface area contributed by atoms with Gasteiger partial charge >= 0.3 is 5.97 Å². The number of rotatable bonds is 4. The van der Waals surface area contributed by atoms with Crippen molar-refractivity contribution >= 4 is 79.5 Å². The molecular formula is C20H11I3O4. The highest BCUT2D eigenvalue weighted by Crippen LogP contribution is 2.29. The summed E-state index contributed by atoms with van der Waals surface area (Å²) < 4.78 is 7.96. The molecule has 0 aliphatic rings. The second-order valence-electron chi connectivity index (χ2n) is 5.48. The van der Waals surface area contributed by atoms with E-state index in [1.165, 1.54) is 18.2 Å². The van der Waals surface area contributed by atoms with Crippen molar-refractivity contribution in [2.24, 2.45) is 0 Å². The number of esters is 1. The number of hydrogen-bond donors (Lipinski definition) is 1. The van der Waals surface area contributed by atoms with Crippen LogP contribution in [0.5, 0.6) is 11.5 Å². The Balaban J connectivity index is 1.86. The SMILES string of the molecule is O=C(c1ccccc1)c1ccc(OC(=O)c2c(I)ccc(I)c2I)cc1O. The third kappa shape index (κ3) is 4.62. The first-order chi connectivity index (χ1) is 12.9. The molecule has 0 spiro atoms. The van der Waals surface area contributed by atoms with Gasteiger partial charge in [-0.3, -0.25) is 4.79 Å². The quantitative estimate of drug-likeness (QED) is 0.126. The molecule has 0 radical (unpaired) electrons. The number of ether oxygens (including phenoxy) is 1. The molecule has 4 nitrogen and oxygen atoms in total. The van der Waals surface area contributed by atoms with Crippen LogP contribution in [0.2, 0.25) is 0 Å². The zero-order valence-electron chi connectivity index (χ0n) is 13.6. The highest BCUT2D eigenvalue weighted by molar-refractivity contribution is 14.1. The first-order valence-electron chi connectivity index (χ1n) is 7.67. The van der Waals surface area contributed by atoms with Gasteiger partial charge < -0.3 is 9.84 Å². The standard InChI is InChI=1S/C20H11I3O4/c21-14-8-9-15(22)18(23)17(14)20(26)27-12-6-7-13(16(24)10-12)19(25)11-4-2-1-3-5-11/h1-10,24H. The average Bonchev–Trinajstić information content (AvgIpc) is 2.65. The fourth-order valence-electron chi connectivity index (χ4n) is 2.38. The van der Waals surface area contributed by atoms with Gasteiger partial charge in [-0.15, -0.1) is 0 Å². The van der Waals surface area contributed by atoms with Crippen molar-refractivity contribution in [1.29, 1.82) is 0 Å². The van der Waals surface area contributed by atoms with Crippen LogP contribution in [-0.4, -0.2) is 16.9 Å². The summed E-state index contributed by atoms with van der Waals surface area (Å²) in [5, 5.41) is 10.2. The summed E-state index contributed by atoms with van der Waals surface area (Å²) in [5.41, 5.74) is 1.10. The number of ketones is 1. The Morgan fingerprint density at radius 3 is 2.19 bits per heavy atom. The lowest BCUT2D eigenvalue weighted by Gasteiger charge is -2.10. The number of benzene rings is 3. The van der Waals surface area contributed by atoms with Crippen LogP contribution in [0.15, 0.2) is 60.7 Å². The molecular weight excluding hydrogens is 685 g/mol. The van der Waals surface area contributed by atoms with E-state index >= 15 is 0 Å². The molecule has 3 aromatic rings. The topological polar surface area (TPSA) is 63.6 Å². The highest BCUT2D eigenvalue weighted by Gasteiger charge is 2.20. The van der Waals surface area contributed by atoms with Gasteiger partial charge in [0.15, 0.2) is 5.78 Å². The van der Waals surface area contributed by atoms with E-state index in [0.29, 0.717) is 11.1 Å². The van der Waals surface area contributed by atoms with E-state index < -0.39 is 5.97 Å². The molecule has 0 aromatic heterocycles. The summed E-state index contributed by atoms with van der Waals surface area (Å²) in [6, 6.07) is 16.7. The third-order valence-corrected chi connectivity index (χ3v) is 7.66. The monoisotopic (exact) mass is 696 g/mol. The van der Waals surface area contributed by atoms with Crippen molar-refractivity contribution in [3.63, 3.8) is 0 Å². The van der Waals surface area contributed by atoms with Gasteiger partial charge in [0.1, 0.15) is 11.5 Å². The fourth-order valence-corrected chi connectivity index (χ4v) is 4.71. The molecule has 0 unspecified atom stereocenters. The predicted molar refractivity (Wildman–Crippen MR) is 128 cm³/mol. The van der Waals surface area contributed by atoms with E-state index in [-0.39, 0.29) is 22.8 Å². The summed E-state index contributed by atoms with van der Waals surface area (Å²) in [6.45, 7) is 0. The minimum Gasteiger partial charge on any atom is -0.507 e. The van der Waals surface area contributed by atoms with Crippen LogP contribution in [0.1, 0.15) is 26.3 Å². The summed E-state index contributed by atoms with van der Waals surface area (Å²) in [6.07, 6.45) is 0. The second kappa shape index (κ2) is 8.86. The number of carbonyl (C=O) groups is 2. The molecule has 3 rings (SSSR count). The number of phenols is 1. The van der Waals surface area contributed by atoms with Gasteiger partial charge in [0.25, 0.3) is 0 Å². The van der Waals surface area contributed by atoms with E-state index in [1.807, 2.05) is 18.2 Å². The van der Waals surface area contributed by atoms with E-state index in [9.17, 15) is 14.7 Å². The molecule has 3 aromatic carbocycles. The number of phenolic OH excluding ortho intramolecular Hbond substituents is 1. The maximum Gasteiger partial charge on any atom is 0.345 e. The third-order valence-electron chi connectivity index (χ3n) is 3.71. The van der Waals surface area contributed by atoms with Crippen LogP contribution >= 0.6 is 67.8 Å². The van der Waals surface area contributed by atoms with Gasteiger partial charge in [0, 0.05) is 22.3 Å². The number of aromatic hydroxyl groups is 1. The predicted octanol–water partition coefficient (Wildman–Crippen LogP) is 5.66. The minimum absolute atomic E-state index is 0.152. The van der Waals surface area contributed by atoms with Crippen LogP contribution in [-0.2, 0) is 0 Å². The Morgan fingerprint density at radius 1 is 0.852 bits per heavy atom. The molecule has 7 heteroatoms. The van der Waals surface area contributed by atoms with Crippen LogP contribution in [0.25, 0.3) is 0 Å². The van der Waals surface area contributed by atoms with Crippen LogP contribution in [0.3, 0.4) is 0 Å². The van der Waals surface area contributed by atoms with Gasteiger partial charge in [0.05, 0.1) is 11.1 Å². The molecule has 1 N–H and O–H groups in total. The Morgan fingerprint density at radius 2 is 1.52 bits per heavy atom. The van der Waals surface area contributed by atoms with Gasteiger partial charge in [-0.2, -0.15) is 0 Å². The lowest BCUT2D eigenvalue weighted by molar-refractivity contribution is 0.0732. The van der Waals surface area contributed by atoms with Crippen molar-refractivity contribution in [1.82, 2.24) is 0 Å². The van der Waals surface area contributed by atoms with Gasteiger partial charge in [-0.1, -0.05) is 30.3 Å². The maximum atomic E-state index is 12.6. The summed E-state index contributed by atoms with van der Waals surface area (Å²) >= 11 is 6.35. The summed E-state index contributed by atoms with van der Waals surface area (Å²) in [7, 11) is 0. The largest absolute Gasteiger partial charge is 0.507 e. The van der Waals surface area contributed by atoms with E-state index in [1.54, 1.807) is 24.3 Å². The molecule has 0 bridgehead atoms. The van der Waals surface area contributed by atoms with Gasteiger partial charge in [0.2, 0.25) is 0 Å². The normalized spacial score (nSPS) is 10.5. The Hall–Kier alpha value is -1.21. The first kappa shape index (κ1) is 20.5. The molecule has 0 aliphatic carbocycles. The molecule has 136 valence electrons. The lowest BCUT2D eigenvalue weighted by Crippen LogP contribution is -2.13. The van der Waals surface area contributed by atoms with E-state index in [4.69, 9.17) is 4.74 Å². The molecule has 0 saturated carbocycles. The Bertz CT molecular complexity index is 1030. The smallest absolute Gasteiger partial charge is 0.345 e. The van der Waals surface area contributed by atoms with E-state index in [0.717, 1.165) is 10.7 Å². The van der Waals surface area contributed by atoms with Crippen LogP contribution < -0.4 is 4.74 Å². The number of hydrogen-bond acceptors (Lipinski definition) is 4. The fraction of sp³-hybridized carbons (Fsp3) is 0. The first-order valence-corrected chi connectivity index (χ1v) is 10.9. The lowest BCUT2D eigenvalue weighted by atomic mass is 10.0. The van der Waals surface area contributed by atoms with Crippen LogP contribution in [0.4, 0.5) is 0 Å². The van der Waals surface area contributed by atoms with Crippen molar-refractivity contribution in [3.05, 3.63) is 88.1 Å². The molecule has 0 saturated heterocycles. The Kier molecular flexibility index (Phi) is 6.74. The Labute approximate surface area is 196 Å². The molecule has 0 aliphatic heterocycles. The molecule has 0 amide bonds.